The summed E-state index contributed by atoms with van der Waals surface area (Å²) in [5.41, 5.74) is 0.687. The molecule has 0 saturated carbocycles. The Labute approximate surface area is 107 Å². The lowest BCUT2D eigenvalue weighted by molar-refractivity contribution is 0.970. The van der Waals surface area contributed by atoms with Gasteiger partial charge < -0.3 is 10.3 Å². The van der Waals surface area contributed by atoms with Gasteiger partial charge in [0.2, 0.25) is 0 Å². The Bertz CT molecular complexity index is 565. The third kappa shape index (κ3) is 3.04. The lowest BCUT2D eigenvalue weighted by Crippen LogP contribution is -2.13. The van der Waals surface area contributed by atoms with Gasteiger partial charge in [0.15, 0.2) is 5.82 Å². The molecule has 0 spiro atoms. The summed E-state index contributed by atoms with van der Waals surface area (Å²) in [7, 11) is 0. The second-order valence-corrected chi connectivity index (χ2v) is 4.77. The van der Waals surface area contributed by atoms with E-state index in [1.54, 1.807) is 11.3 Å². The molecule has 2 heterocycles. The van der Waals surface area contributed by atoms with Crippen LogP contribution in [0.4, 0.5) is 5.82 Å². The number of H-pyrrole nitrogens is 1. The molecule has 0 saturated heterocycles. The van der Waals surface area contributed by atoms with Gasteiger partial charge in [0.25, 0.3) is 5.56 Å². The molecule has 0 aliphatic heterocycles. The van der Waals surface area contributed by atoms with E-state index in [9.17, 15) is 4.79 Å². The average Bonchev–Trinajstić information content (AvgIpc) is 2.70. The van der Waals surface area contributed by atoms with Crippen LogP contribution in [0.15, 0.2) is 16.5 Å². The van der Waals surface area contributed by atoms with Gasteiger partial charge in [-0.1, -0.05) is 11.6 Å². The van der Waals surface area contributed by atoms with Crippen LogP contribution in [0.25, 0.3) is 0 Å². The summed E-state index contributed by atoms with van der Waals surface area (Å²) in [6.45, 7) is 2.60. The minimum Gasteiger partial charge on any atom is -0.368 e. The van der Waals surface area contributed by atoms with E-state index in [0.29, 0.717) is 12.4 Å². The summed E-state index contributed by atoms with van der Waals surface area (Å²) in [5, 5.41) is 6.16. The lowest BCUT2D eigenvalue weighted by Gasteiger charge is -2.04. The highest BCUT2D eigenvalue weighted by Gasteiger charge is 2.05. The van der Waals surface area contributed by atoms with Crippen molar-refractivity contribution in [2.75, 3.05) is 11.9 Å². The van der Waals surface area contributed by atoms with Gasteiger partial charge in [-0.05, 0) is 6.92 Å². The molecule has 0 aromatic carbocycles. The number of nitrogens with one attached hydrogen (secondary N) is 2. The molecule has 2 aromatic rings. The van der Waals surface area contributed by atoms with Gasteiger partial charge in [0, 0.05) is 24.0 Å². The predicted molar refractivity (Wildman–Crippen MR) is 68.9 cm³/mol. The van der Waals surface area contributed by atoms with Crippen LogP contribution in [0.1, 0.15) is 10.7 Å². The fourth-order valence-electron chi connectivity index (χ4n) is 1.31. The zero-order valence-corrected chi connectivity index (χ0v) is 10.7. The first kappa shape index (κ1) is 12.1. The van der Waals surface area contributed by atoms with Crippen molar-refractivity contribution in [2.45, 2.75) is 13.3 Å². The van der Waals surface area contributed by atoms with Crippen LogP contribution in [0.3, 0.4) is 0 Å². The van der Waals surface area contributed by atoms with Gasteiger partial charge in [-0.25, -0.2) is 9.97 Å². The van der Waals surface area contributed by atoms with Crippen molar-refractivity contribution in [3.8, 4) is 0 Å². The Kier molecular flexibility index (Phi) is 3.75. The first-order chi connectivity index (χ1) is 8.16. The molecule has 90 valence electrons. The van der Waals surface area contributed by atoms with Crippen molar-refractivity contribution >= 4 is 28.8 Å². The van der Waals surface area contributed by atoms with Crippen molar-refractivity contribution in [3.63, 3.8) is 0 Å². The molecule has 0 atom stereocenters. The number of aromatic nitrogens is 3. The number of aryl methyl sites for hydroxylation is 1. The van der Waals surface area contributed by atoms with Crippen LogP contribution >= 0.6 is 22.9 Å². The quantitative estimate of drug-likeness (QED) is 0.889. The first-order valence-electron chi connectivity index (χ1n) is 5.05. The van der Waals surface area contributed by atoms with Gasteiger partial charge >= 0.3 is 0 Å². The summed E-state index contributed by atoms with van der Waals surface area (Å²) in [6.07, 6.45) is 2.10. The van der Waals surface area contributed by atoms with E-state index in [4.69, 9.17) is 11.6 Å². The highest BCUT2D eigenvalue weighted by Crippen LogP contribution is 2.13. The third-order valence-corrected chi connectivity index (χ3v) is 3.47. The van der Waals surface area contributed by atoms with Crippen molar-refractivity contribution in [2.24, 2.45) is 0 Å². The molecule has 0 fully saturated rings. The lowest BCUT2D eigenvalue weighted by atomic mass is 10.4. The zero-order chi connectivity index (χ0) is 12.3. The third-order valence-electron chi connectivity index (χ3n) is 2.09. The minimum atomic E-state index is -0.339. The van der Waals surface area contributed by atoms with Gasteiger partial charge in [0.05, 0.1) is 11.3 Å². The molecule has 0 aliphatic carbocycles. The van der Waals surface area contributed by atoms with Crippen LogP contribution in [-0.2, 0) is 6.42 Å². The normalized spacial score (nSPS) is 10.5. The van der Waals surface area contributed by atoms with Crippen molar-refractivity contribution < 1.29 is 0 Å². The van der Waals surface area contributed by atoms with E-state index in [0.717, 1.165) is 17.1 Å². The monoisotopic (exact) mass is 270 g/mol. The average molecular weight is 271 g/mol. The topological polar surface area (TPSA) is 70.7 Å². The number of anilines is 1. The predicted octanol–water partition coefficient (Wildman–Crippen LogP) is 1.84. The van der Waals surface area contributed by atoms with E-state index in [1.807, 2.05) is 12.3 Å². The fraction of sp³-hybridized carbons (Fsp3) is 0.300. The van der Waals surface area contributed by atoms with Crippen LogP contribution in [-0.4, -0.2) is 21.5 Å². The Morgan fingerprint density at radius 1 is 1.59 bits per heavy atom. The van der Waals surface area contributed by atoms with Gasteiger partial charge in [0.1, 0.15) is 5.02 Å². The second-order valence-electron chi connectivity index (χ2n) is 3.45. The summed E-state index contributed by atoms with van der Waals surface area (Å²) in [6, 6.07) is 0. The number of hydrogen-bond donors (Lipinski definition) is 2. The van der Waals surface area contributed by atoms with Crippen LogP contribution < -0.4 is 10.9 Å². The number of nitrogens with zero attached hydrogens (tertiary/aromatic N) is 2. The number of rotatable bonds is 4. The van der Waals surface area contributed by atoms with Crippen molar-refractivity contribution in [1.82, 2.24) is 15.0 Å². The first-order valence-corrected chi connectivity index (χ1v) is 6.30. The number of thiazole rings is 1. The van der Waals surface area contributed by atoms with E-state index in [2.05, 4.69) is 20.3 Å². The maximum Gasteiger partial charge on any atom is 0.271 e. The molecule has 7 heteroatoms. The van der Waals surface area contributed by atoms with Gasteiger partial charge in [-0.2, -0.15) is 0 Å². The van der Waals surface area contributed by atoms with Gasteiger partial charge in [-0.3, -0.25) is 4.79 Å². The molecule has 17 heavy (non-hydrogen) atoms. The highest BCUT2D eigenvalue weighted by atomic mass is 35.5. The molecule has 0 bridgehead atoms. The van der Waals surface area contributed by atoms with Crippen molar-refractivity contribution in [3.05, 3.63) is 37.8 Å². The van der Waals surface area contributed by atoms with E-state index in [-0.39, 0.29) is 10.6 Å². The second kappa shape index (κ2) is 5.29. The molecular formula is C10H11ClN4OS. The Morgan fingerprint density at radius 3 is 3.12 bits per heavy atom. The minimum absolute atomic E-state index is 0.0859. The SMILES string of the molecule is Cc1csc(CCNc2nc[nH]c(=O)c2Cl)n1. The molecule has 2 rings (SSSR count). The molecule has 0 aliphatic rings. The van der Waals surface area contributed by atoms with Crippen LogP contribution in [0, 0.1) is 6.92 Å². The van der Waals surface area contributed by atoms with E-state index in [1.165, 1.54) is 6.33 Å². The summed E-state index contributed by atoms with van der Waals surface area (Å²) < 4.78 is 0. The number of halogens is 1. The molecule has 0 amide bonds. The fourth-order valence-corrected chi connectivity index (χ4v) is 2.26. The maximum absolute atomic E-state index is 11.2. The molecule has 5 nitrogen and oxygen atoms in total. The summed E-state index contributed by atoms with van der Waals surface area (Å²) in [5.74, 6) is 0.406. The Hall–Kier alpha value is -1.40. The highest BCUT2D eigenvalue weighted by molar-refractivity contribution is 7.09. The van der Waals surface area contributed by atoms with E-state index >= 15 is 0 Å². The van der Waals surface area contributed by atoms with Crippen LogP contribution in [0.5, 0.6) is 0 Å². The Balaban J connectivity index is 1.94. The maximum atomic E-state index is 11.2. The summed E-state index contributed by atoms with van der Waals surface area (Å²) >= 11 is 7.42. The Morgan fingerprint density at radius 2 is 2.41 bits per heavy atom. The van der Waals surface area contributed by atoms with Crippen molar-refractivity contribution in [1.29, 1.82) is 0 Å². The molecule has 0 radical (unpaired) electrons. The molecule has 0 unspecified atom stereocenters. The van der Waals surface area contributed by atoms with Gasteiger partial charge in [-0.15, -0.1) is 11.3 Å². The number of hydrogen-bond acceptors (Lipinski definition) is 5. The number of aromatic amines is 1. The smallest absolute Gasteiger partial charge is 0.271 e. The molecular weight excluding hydrogens is 260 g/mol. The molecule has 2 aromatic heterocycles. The zero-order valence-electron chi connectivity index (χ0n) is 9.16. The summed E-state index contributed by atoms with van der Waals surface area (Å²) in [4.78, 5) is 21.9. The van der Waals surface area contributed by atoms with Crippen LogP contribution in [0.2, 0.25) is 5.02 Å². The van der Waals surface area contributed by atoms with E-state index < -0.39 is 0 Å². The molecule has 2 N–H and O–H groups in total. The standard InChI is InChI=1S/C10H11ClN4OS/c1-6-4-17-7(15-6)2-3-12-9-8(11)10(16)14-5-13-9/h4-5H,2-3H2,1H3,(H2,12,13,14,16). The largest absolute Gasteiger partial charge is 0.368 e.